The molecular formula is C12H13N5O2S. The molecule has 2 aromatic heterocycles. The number of pyridine rings is 1. The van der Waals surface area contributed by atoms with E-state index in [0.717, 1.165) is 18.5 Å². The van der Waals surface area contributed by atoms with E-state index in [2.05, 4.69) is 20.5 Å². The number of aromatic carboxylic acids is 1. The standard InChI is InChI=1S/C12H13N5O2S/c1-2-8-5-7(11(18)19)6-10(13-8)20-12-14-15-16-17(12)9-3-4-9/h5-6,9H,2-4H2,1H3,(H,18,19). The first-order valence-corrected chi connectivity index (χ1v) is 7.19. The lowest BCUT2D eigenvalue weighted by molar-refractivity contribution is 0.0696. The van der Waals surface area contributed by atoms with Crippen molar-refractivity contribution in [2.75, 3.05) is 0 Å². The lowest BCUT2D eigenvalue weighted by Crippen LogP contribution is -2.02. The normalized spacial score (nSPS) is 14.4. The highest BCUT2D eigenvalue weighted by atomic mass is 32.2. The van der Waals surface area contributed by atoms with Crippen LogP contribution in [0.5, 0.6) is 0 Å². The number of carboxylic acids is 1. The van der Waals surface area contributed by atoms with Gasteiger partial charge in [0.2, 0.25) is 5.16 Å². The Bertz CT molecular complexity index is 653. The number of nitrogens with zero attached hydrogens (tertiary/aromatic N) is 5. The highest BCUT2D eigenvalue weighted by Crippen LogP contribution is 2.37. The summed E-state index contributed by atoms with van der Waals surface area (Å²) in [5.41, 5.74) is 0.989. The van der Waals surface area contributed by atoms with Crippen molar-refractivity contribution < 1.29 is 9.90 Å². The lowest BCUT2D eigenvalue weighted by Gasteiger charge is -2.05. The molecule has 1 saturated carbocycles. The van der Waals surface area contributed by atoms with E-state index in [1.807, 2.05) is 6.92 Å². The summed E-state index contributed by atoms with van der Waals surface area (Å²) in [6, 6.07) is 3.52. The van der Waals surface area contributed by atoms with Crippen molar-refractivity contribution in [3.63, 3.8) is 0 Å². The van der Waals surface area contributed by atoms with Crippen molar-refractivity contribution in [1.82, 2.24) is 25.2 Å². The summed E-state index contributed by atoms with van der Waals surface area (Å²) < 4.78 is 1.78. The summed E-state index contributed by atoms with van der Waals surface area (Å²) in [6.45, 7) is 1.94. The van der Waals surface area contributed by atoms with E-state index in [1.54, 1.807) is 16.8 Å². The van der Waals surface area contributed by atoms with Crippen LogP contribution in [0, 0.1) is 0 Å². The number of aromatic nitrogens is 5. The highest BCUT2D eigenvalue weighted by Gasteiger charge is 2.28. The van der Waals surface area contributed by atoms with Gasteiger partial charge in [0.1, 0.15) is 5.03 Å². The average molecular weight is 291 g/mol. The molecule has 1 fully saturated rings. The highest BCUT2D eigenvalue weighted by molar-refractivity contribution is 7.99. The molecule has 0 spiro atoms. The molecule has 8 heteroatoms. The van der Waals surface area contributed by atoms with Gasteiger partial charge < -0.3 is 5.11 Å². The fourth-order valence-corrected chi connectivity index (χ4v) is 2.70. The summed E-state index contributed by atoms with van der Waals surface area (Å²) in [5, 5.41) is 22.0. The molecule has 1 aliphatic rings. The van der Waals surface area contributed by atoms with Crippen molar-refractivity contribution in [3.05, 3.63) is 23.4 Å². The Morgan fingerprint density at radius 2 is 2.30 bits per heavy atom. The molecule has 0 amide bonds. The molecule has 20 heavy (non-hydrogen) atoms. The van der Waals surface area contributed by atoms with Gasteiger partial charge in [0, 0.05) is 5.69 Å². The van der Waals surface area contributed by atoms with Gasteiger partial charge in [-0.25, -0.2) is 14.5 Å². The second-order valence-corrected chi connectivity index (χ2v) is 5.57. The molecule has 0 atom stereocenters. The Balaban J connectivity index is 1.91. The van der Waals surface area contributed by atoms with Crippen LogP contribution in [0.15, 0.2) is 22.3 Å². The molecule has 0 bridgehead atoms. The summed E-state index contributed by atoms with van der Waals surface area (Å²) in [7, 11) is 0. The van der Waals surface area contributed by atoms with Crippen molar-refractivity contribution >= 4 is 17.7 Å². The maximum absolute atomic E-state index is 11.1. The molecule has 1 N–H and O–H groups in total. The predicted molar refractivity (Wildman–Crippen MR) is 70.8 cm³/mol. The molecule has 0 aromatic carbocycles. The first kappa shape index (κ1) is 13.0. The zero-order valence-electron chi connectivity index (χ0n) is 10.9. The zero-order valence-corrected chi connectivity index (χ0v) is 11.7. The molecule has 0 unspecified atom stereocenters. The van der Waals surface area contributed by atoms with Crippen LogP contribution < -0.4 is 0 Å². The summed E-state index contributed by atoms with van der Waals surface area (Å²) in [5.74, 6) is -0.953. The van der Waals surface area contributed by atoms with E-state index in [9.17, 15) is 4.79 Å². The molecule has 0 aliphatic heterocycles. The smallest absolute Gasteiger partial charge is 0.335 e. The molecule has 1 aliphatic carbocycles. The maximum Gasteiger partial charge on any atom is 0.335 e. The Morgan fingerprint density at radius 1 is 1.50 bits per heavy atom. The minimum absolute atomic E-state index is 0.241. The van der Waals surface area contributed by atoms with E-state index in [0.29, 0.717) is 22.6 Å². The van der Waals surface area contributed by atoms with E-state index >= 15 is 0 Å². The number of carboxylic acid groups (broad SMARTS) is 1. The van der Waals surface area contributed by atoms with E-state index in [-0.39, 0.29) is 5.56 Å². The summed E-state index contributed by atoms with van der Waals surface area (Å²) in [6.07, 6.45) is 2.85. The van der Waals surface area contributed by atoms with Crippen LogP contribution in [-0.4, -0.2) is 36.3 Å². The largest absolute Gasteiger partial charge is 0.478 e. The maximum atomic E-state index is 11.1. The number of hydrogen-bond donors (Lipinski definition) is 1. The monoisotopic (exact) mass is 291 g/mol. The topological polar surface area (TPSA) is 93.8 Å². The van der Waals surface area contributed by atoms with Crippen LogP contribution in [0.3, 0.4) is 0 Å². The van der Waals surface area contributed by atoms with Crippen molar-refractivity contribution in [3.8, 4) is 0 Å². The van der Waals surface area contributed by atoms with Gasteiger partial charge >= 0.3 is 5.97 Å². The lowest BCUT2D eigenvalue weighted by atomic mass is 10.2. The van der Waals surface area contributed by atoms with Crippen LogP contribution >= 0.6 is 11.8 Å². The van der Waals surface area contributed by atoms with Crippen molar-refractivity contribution in [1.29, 1.82) is 0 Å². The third-order valence-corrected chi connectivity index (χ3v) is 3.88. The molecule has 0 saturated heterocycles. The Morgan fingerprint density at radius 3 is 2.95 bits per heavy atom. The quantitative estimate of drug-likeness (QED) is 0.897. The number of aryl methyl sites for hydroxylation is 1. The second kappa shape index (κ2) is 5.20. The zero-order chi connectivity index (χ0) is 14.1. The van der Waals surface area contributed by atoms with Crippen molar-refractivity contribution in [2.45, 2.75) is 42.4 Å². The molecule has 0 radical (unpaired) electrons. The second-order valence-electron chi connectivity index (χ2n) is 4.58. The van der Waals surface area contributed by atoms with Crippen LogP contribution in [-0.2, 0) is 6.42 Å². The van der Waals surface area contributed by atoms with Gasteiger partial charge in [0.05, 0.1) is 11.6 Å². The van der Waals surface area contributed by atoms with Gasteiger partial charge in [-0.1, -0.05) is 6.92 Å². The Hall–Kier alpha value is -1.96. The van der Waals surface area contributed by atoms with Crippen LogP contribution in [0.1, 0.15) is 41.9 Å². The van der Waals surface area contributed by atoms with E-state index in [1.165, 1.54) is 11.8 Å². The van der Waals surface area contributed by atoms with Gasteiger partial charge in [-0.2, -0.15) is 0 Å². The number of hydrogen-bond acceptors (Lipinski definition) is 6. The third-order valence-electron chi connectivity index (χ3n) is 3.02. The van der Waals surface area contributed by atoms with E-state index in [4.69, 9.17) is 5.11 Å². The molecule has 7 nitrogen and oxygen atoms in total. The van der Waals surface area contributed by atoms with Gasteiger partial charge in [-0.15, -0.1) is 5.10 Å². The molecule has 2 heterocycles. The minimum atomic E-state index is -0.953. The first-order chi connectivity index (χ1) is 9.67. The molecule has 3 rings (SSSR count). The minimum Gasteiger partial charge on any atom is -0.478 e. The van der Waals surface area contributed by atoms with Gasteiger partial charge in [-0.3, -0.25) is 0 Å². The molecular weight excluding hydrogens is 278 g/mol. The SMILES string of the molecule is CCc1cc(C(=O)O)cc(Sc2nnnn2C2CC2)n1. The fourth-order valence-electron chi connectivity index (χ4n) is 1.81. The number of tetrazole rings is 1. The molecule has 104 valence electrons. The van der Waals surface area contributed by atoms with E-state index < -0.39 is 5.97 Å². The Labute approximate surface area is 119 Å². The van der Waals surface area contributed by atoms with Crippen LogP contribution in [0.2, 0.25) is 0 Å². The van der Waals surface area contributed by atoms with Crippen LogP contribution in [0.25, 0.3) is 0 Å². The van der Waals surface area contributed by atoms with Crippen LogP contribution in [0.4, 0.5) is 0 Å². The summed E-state index contributed by atoms with van der Waals surface area (Å²) >= 11 is 1.30. The number of carbonyl (C=O) groups is 1. The predicted octanol–water partition coefficient (Wildman–Crippen LogP) is 1.81. The number of rotatable bonds is 5. The average Bonchev–Trinajstić information content (AvgIpc) is 3.19. The fraction of sp³-hybridized carbons (Fsp3) is 0.417. The molecule has 2 aromatic rings. The van der Waals surface area contributed by atoms with Gasteiger partial charge in [0.15, 0.2) is 0 Å². The summed E-state index contributed by atoms with van der Waals surface area (Å²) in [4.78, 5) is 15.5. The van der Waals surface area contributed by atoms with Gasteiger partial charge in [-0.05, 0) is 53.6 Å². The Kier molecular flexibility index (Phi) is 3.39. The van der Waals surface area contributed by atoms with Gasteiger partial charge in [0.25, 0.3) is 0 Å². The van der Waals surface area contributed by atoms with Crippen molar-refractivity contribution in [2.24, 2.45) is 0 Å². The third kappa shape index (κ3) is 2.64. The first-order valence-electron chi connectivity index (χ1n) is 6.37.